The summed E-state index contributed by atoms with van der Waals surface area (Å²) in [5, 5.41) is 4.28. The quantitative estimate of drug-likeness (QED) is 0.187. The van der Waals surface area contributed by atoms with E-state index in [1.807, 2.05) is 78.9 Å². The van der Waals surface area contributed by atoms with Crippen molar-refractivity contribution in [2.24, 2.45) is 0 Å². The molecule has 0 bridgehead atoms. The van der Waals surface area contributed by atoms with Crippen molar-refractivity contribution in [2.75, 3.05) is 0 Å². The molecule has 3 heterocycles. The predicted octanol–water partition coefficient (Wildman–Crippen LogP) is 12.0. The predicted molar refractivity (Wildman–Crippen MR) is 202 cm³/mol. The van der Waals surface area contributed by atoms with Crippen LogP contribution in [0.5, 0.6) is 0 Å². The van der Waals surface area contributed by atoms with E-state index in [9.17, 15) is 0 Å². The van der Waals surface area contributed by atoms with Crippen molar-refractivity contribution in [3.05, 3.63) is 164 Å². The third kappa shape index (κ3) is 4.75. The van der Waals surface area contributed by atoms with Crippen LogP contribution in [0, 0.1) is 0 Å². The van der Waals surface area contributed by atoms with E-state index < -0.39 is 0 Å². The average Bonchev–Trinajstić information content (AvgIpc) is 3.76. The Morgan fingerprint density at radius 3 is 1.54 bits per heavy atom. The number of aromatic nitrogens is 3. The van der Waals surface area contributed by atoms with Gasteiger partial charge in [-0.05, 0) is 64.7 Å². The van der Waals surface area contributed by atoms with Gasteiger partial charge in [-0.2, -0.15) is 0 Å². The van der Waals surface area contributed by atoms with E-state index in [0.717, 1.165) is 77.3 Å². The third-order valence-corrected chi connectivity index (χ3v) is 9.34. The Labute approximate surface area is 287 Å². The lowest BCUT2D eigenvalue weighted by atomic mass is 9.97. The highest BCUT2D eigenvalue weighted by Gasteiger charge is 2.18. The fraction of sp³-hybridized carbons (Fsp3) is 0. The molecule has 0 aliphatic rings. The van der Waals surface area contributed by atoms with Gasteiger partial charge in [0.2, 0.25) is 0 Å². The van der Waals surface area contributed by atoms with Crippen molar-refractivity contribution < 1.29 is 8.83 Å². The molecule has 0 aliphatic carbocycles. The molecule has 0 amide bonds. The molecule has 7 aromatic carbocycles. The van der Waals surface area contributed by atoms with Crippen LogP contribution in [0.3, 0.4) is 0 Å². The number of fused-ring (bicyclic) bond motifs is 6. The van der Waals surface area contributed by atoms with Gasteiger partial charge < -0.3 is 8.83 Å². The van der Waals surface area contributed by atoms with Crippen LogP contribution in [0.2, 0.25) is 0 Å². The largest absolute Gasteiger partial charge is 0.456 e. The number of benzene rings is 7. The molecule has 0 saturated carbocycles. The highest BCUT2D eigenvalue weighted by Crippen LogP contribution is 2.40. The van der Waals surface area contributed by atoms with Crippen LogP contribution < -0.4 is 0 Å². The maximum Gasteiger partial charge on any atom is 0.164 e. The van der Waals surface area contributed by atoms with Crippen LogP contribution in [-0.4, -0.2) is 15.0 Å². The lowest BCUT2D eigenvalue weighted by Crippen LogP contribution is -2.00. The molecule has 0 unspecified atom stereocenters. The Balaban J connectivity index is 1.09. The maximum atomic E-state index is 6.51. The van der Waals surface area contributed by atoms with Crippen molar-refractivity contribution in [3.63, 3.8) is 0 Å². The van der Waals surface area contributed by atoms with Crippen LogP contribution in [0.15, 0.2) is 173 Å². The van der Waals surface area contributed by atoms with Crippen molar-refractivity contribution >= 4 is 43.9 Å². The molecule has 10 aromatic rings. The van der Waals surface area contributed by atoms with Gasteiger partial charge in [0.05, 0.1) is 0 Å². The molecule has 3 aromatic heterocycles. The van der Waals surface area contributed by atoms with Crippen LogP contribution in [0.4, 0.5) is 0 Å². The van der Waals surface area contributed by atoms with E-state index in [1.165, 1.54) is 5.56 Å². The Morgan fingerprint density at radius 1 is 0.300 bits per heavy atom. The van der Waals surface area contributed by atoms with Crippen LogP contribution in [0.1, 0.15) is 0 Å². The fourth-order valence-electron chi connectivity index (χ4n) is 6.90. The van der Waals surface area contributed by atoms with Gasteiger partial charge in [-0.1, -0.05) is 121 Å². The van der Waals surface area contributed by atoms with Crippen molar-refractivity contribution in [1.82, 2.24) is 15.0 Å². The van der Waals surface area contributed by atoms with E-state index in [-0.39, 0.29) is 0 Å². The number of furan rings is 2. The minimum atomic E-state index is 0.591. The van der Waals surface area contributed by atoms with Gasteiger partial charge in [-0.3, -0.25) is 0 Å². The normalized spacial score (nSPS) is 11.6. The Morgan fingerprint density at radius 2 is 0.840 bits per heavy atom. The van der Waals surface area contributed by atoms with E-state index in [1.54, 1.807) is 0 Å². The van der Waals surface area contributed by atoms with Crippen LogP contribution in [0.25, 0.3) is 100 Å². The van der Waals surface area contributed by atoms with Gasteiger partial charge in [0.1, 0.15) is 22.3 Å². The summed E-state index contributed by atoms with van der Waals surface area (Å²) >= 11 is 0. The second kappa shape index (κ2) is 11.4. The molecule has 0 N–H and O–H groups in total. The lowest BCUT2D eigenvalue weighted by molar-refractivity contribution is 0.669. The number of nitrogens with zero attached hydrogens (tertiary/aromatic N) is 3. The minimum Gasteiger partial charge on any atom is -0.456 e. The molecule has 50 heavy (non-hydrogen) atoms. The topological polar surface area (TPSA) is 65.0 Å². The first kappa shape index (κ1) is 28.2. The highest BCUT2D eigenvalue weighted by atomic mass is 16.3. The summed E-state index contributed by atoms with van der Waals surface area (Å²) in [6, 6.07) is 55.8. The second-order valence-corrected chi connectivity index (χ2v) is 12.4. The molecule has 234 valence electrons. The third-order valence-electron chi connectivity index (χ3n) is 9.34. The molecule has 0 fully saturated rings. The van der Waals surface area contributed by atoms with Gasteiger partial charge >= 0.3 is 0 Å². The first-order chi connectivity index (χ1) is 24.7. The van der Waals surface area contributed by atoms with Gasteiger partial charge in [0, 0.05) is 38.2 Å². The SMILES string of the molecule is c1ccc(-c2ccc3c(c2)oc2ccc(-c4cccc5oc6cc(-c7nc(-c8ccccc8)nc(-c8ccccc8)n7)ccc6c45)cc23)cc1. The van der Waals surface area contributed by atoms with E-state index in [0.29, 0.717) is 17.5 Å². The van der Waals surface area contributed by atoms with Crippen molar-refractivity contribution in [1.29, 1.82) is 0 Å². The van der Waals surface area contributed by atoms with Crippen molar-refractivity contribution in [3.8, 4) is 56.4 Å². The average molecular weight is 642 g/mol. The summed E-state index contributed by atoms with van der Waals surface area (Å²) in [5.41, 5.74) is 10.6. The van der Waals surface area contributed by atoms with Gasteiger partial charge in [0.15, 0.2) is 17.5 Å². The van der Waals surface area contributed by atoms with Crippen molar-refractivity contribution in [2.45, 2.75) is 0 Å². The molecule has 0 aliphatic heterocycles. The maximum absolute atomic E-state index is 6.51. The van der Waals surface area contributed by atoms with Gasteiger partial charge in [-0.25, -0.2) is 15.0 Å². The zero-order chi connectivity index (χ0) is 33.0. The van der Waals surface area contributed by atoms with E-state index in [4.69, 9.17) is 23.8 Å². The summed E-state index contributed by atoms with van der Waals surface area (Å²) in [7, 11) is 0. The monoisotopic (exact) mass is 641 g/mol. The molecular formula is C45H27N3O2. The lowest BCUT2D eigenvalue weighted by Gasteiger charge is -2.08. The molecule has 0 saturated heterocycles. The zero-order valence-corrected chi connectivity index (χ0v) is 26.7. The summed E-state index contributed by atoms with van der Waals surface area (Å²) in [6.07, 6.45) is 0. The zero-order valence-electron chi connectivity index (χ0n) is 26.7. The first-order valence-corrected chi connectivity index (χ1v) is 16.6. The first-order valence-electron chi connectivity index (χ1n) is 16.6. The molecule has 5 nitrogen and oxygen atoms in total. The molecule has 0 spiro atoms. The minimum absolute atomic E-state index is 0.591. The summed E-state index contributed by atoms with van der Waals surface area (Å²) < 4.78 is 12.9. The Kier molecular flexibility index (Phi) is 6.42. The molecule has 0 atom stereocenters. The Bertz CT molecular complexity index is 2800. The number of hydrogen-bond acceptors (Lipinski definition) is 5. The summed E-state index contributed by atoms with van der Waals surface area (Å²) in [4.78, 5) is 14.7. The van der Waals surface area contributed by atoms with Crippen LogP contribution in [-0.2, 0) is 0 Å². The molecule has 0 radical (unpaired) electrons. The summed E-state index contributed by atoms with van der Waals surface area (Å²) in [5.74, 6) is 1.84. The molecule has 5 heteroatoms. The standard InChI is InChI=1S/C45H27N3O2/c1-4-11-28(12-5-1)31-19-22-35-37-25-32(21-24-38(37)49-40(35)26-31)34-17-10-18-39-42(34)36-23-20-33(27-41(36)50-39)45-47-43(29-13-6-2-7-14-29)46-44(48-45)30-15-8-3-9-16-30/h1-27H. The van der Waals surface area contributed by atoms with E-state index in [2.05, 4.69) is 84.9 Å². The number of hydrogen-bond donors (Lipinski definition) is 0. The highest BCUT2D eigenvalue weighted by molar-refractivity contribution is 6.14. The fourth-order valence-corrected chi connectivity index (χ4v) is 6.90. The van der Waals surface area contributed by atoms with Gasteiger partial charge in [-0.15, -0.1) is 0 Å². The smallest absolute Gasteiger partial charge is 0.164 e. The summed E-state index contributed by atoms with van der Waals surface area (Å²) in [6.45, 7) is 0. The molecule has 10 rings (SSSR count). The number of rotatable bonds is 5. The van der Waals surface area contributed by atoms with E-state index >= 15 is 0 Å². The Hall–Kier alpha value is -6.85. The molecular weight excluding hydrogens is 615 g/mol. The van der Waals surface area contributed by atoms with Crippen LogP contribution >= 0.6 is 0 Å². The second-order valence-electron chi connectivity index (χ2n) is 12.4. The van der Waals surface area contributed by atoms with Gasteiger partial charge in [0.25, 0.3) is 0 Å².